The van der Waals surface area contributed by atoms with Crippen molar-refractivity contribution in [2.75, 3.05) is 13.2 Å². The lowest BCUT2D eigenvalue weighted by Crippen LogP contribution is -2.31. The average Bonchev–Trinajstić information content (AvgIpc) is 2.42. The Labute approximate surface area is 111 Å². The number of carboxylic acids is 1. The van der Waals surface area contributed by atoms with Crippen molar-refractivity contribution >= 4 is 11.9 Å². The molecule has 0 spiro atoms. The Hall–Kier alpha value is -2.30. The van der Waals surface area contributed by atoms with Gasteiger partial charge in [0.25, 0.3) is 5.91 Å². The van der Waals surface area contributed by atoms with Crippen LogP contribution in [0.25, 0.3) is 0 Å². The molecule has 1 unspecified atom stereocenters. The molecule has 1 aromatic rings. The lowest BCUT2D eigenvalue weighted by Gasteiger charge is -2.09. The maximum absolute atomic E-state index is 11.7. The number of carbonyl (C=O) groups is 2. The number of carbonyl (C=O) groups excluding carboxylic acids is 1. The highest BCUT2D eigenvalue weighted by Gasteiger charge is 2.13. The predicted octanol–water partition coefficient (Wildman–Crippen LogP) is 1.70. The van der Waals surface area contributed by atoms with Crippen LogP contribution in [-0.2, 0) is 4.79 Å². The third kappa shape index (κ3) is 4.83. The standard InChI is InChI=1S/C14H17NO4/c1-3-8-19-12-6-4-11(5-7-12)13(16)15-9-10(2)14(17)18/h3-7,10H,1,8-9H2,2H3,(H,15,16)(H,17,18). The van der Waals surface area contributed by atoms with Crippen molar-refractivity contribution in [2.45, 2.75) is 6.92 Å². The maximum Gasteiger partial charge on any atom is 0.308 e. The minimum absolute atomic E-state index is 0.100. The van der Waals surface area contributed by atoms with Crippen molar-refractivity contribution in [3.8, 4) is 5.75 Å². The molecular weight excluding hydrogens is 246 g/mol. The Morgan fingerprint density at radius 3 is 2.58 bits per heavy atom. The van der Waals surface area contributed by atoms with E-state index in [0.29, 0.717) is 17.9 Å². The van der Waals surface area contributed by atoms with Gasteiger partial charge in [0.1, 0.15) is 12.4 Å². The van der Waals surface area contributed by atoms with Crippen molar-refractivity contribution in [1.29, 1.82) is 0 Å². The van der Waals surface area contributed by atoms with Crippen LogP contribution in [-0.4, -0.2) is 30.1 Å². The third-order valence-corrected chi connectivity index (χ3v) is 2.47. The van der Waals surface area contributed by atoms with E-state index in [2.05, 4.69) is 11.9 Å². The van der Waals surface area contributed by atoms with Crippen LogP contribution >= 0.6 is 0 Å². The summed E-state index contributed by atoms with van der Waals surface area (Å²) in [5.41, 5.74) is 0.462. The number of carboxylic acid groups (broad SMARTS) is 1. The number of hydrogen-bond donors (Lipinski definition) is 2. The smallest absolute Gasteiger partial charge is 0.308 e. The summed E-state index contributed by atoms with van der Waals surface area (Å²) in [5, 5.41) is 11.3. The number of rotatable bonds is 7. The Morgan fingerprint density at radius 2 is 2.05 bits per heavy atom. The number of benzene rings is 1. The number of hydrogen-bond acceptors (Lipinski definition) is 3. The van der Waals surface area contributed by atoms with Crippen molar-refractivity contribution < 1.29 is 19.4 Å². The van der Waals surface area contributed by atoms with Crippen LogP contribution in [0.4, 0.5) is 0 Å². The van der Waals surface area contributed by atoms with E-state index in [1.807, 2.05) is 0 Å². The van der Waals surface area contributed by atoms with E-state index in [0.717, 1.165) is 0 Å². The van der Waals surface area contributed by atoms with Crippen LogP contribution < -0.4 is 10.1 Å². The second kappa shape index (κ2) is 7.20. The zero-order valence-corrected chi connectivity index (χ0v) is 10.8. The van der Waals surface area contributed by atoms with Crippen molar-refractivity contribution in [3.63, 3.8) is 0 Å². The molecule has 19 heavy (non-hydrogen) atoms. The molecule has 5 heteroatoms. The van der Waals surface area contributed by atoms with Crippen molar-refractivity contribution in [1.82, 2.24) is 5.32 Å². The van der Waals surface area contributed by atoms with Crippen LogP contribution in [0.2, 0.25) is 0 Å². The van der Waals surface area contributed by atoms with E-state index in [4.69, 9.17) is 9.84 Å². The van der Waals surface area contributed by atoms with Crippen LogP contribution in [0.1, 0.15) is 17.3 Å². The summed E-state index contributed by atoms with van der Waals surface area (Å²) in [5.74, 6) is -1.20. The molecule has 1 rings (SSSR count). The SMILES string of the molecule is C=CCOc1ccc(C(=O)NCC(C)C(=O)O)cc1. The number of aliphatic carboxylic acids is 1. The normalized spacial score (nSPS) is 11.4. The zero-order chi connectivity index (χ0) is 14.3. The van der Waals surface area contributed by atoms with E-state index >= 15 is 0 Å². The second-order valence-electron chi connectivity index (χ2n) is 4.07. The molecule has 0 aliphatic rings. The summed E-state index contributed by atoms with van der Waals surface area (Å²) in [6.45, 7) is 5.58. The molecule has 0 radical (unpaired) electrons. The molecule has 0 aromatic heterocycles. The van der Waals surface area contributed by atoms with E-state index < -0.39 is 11.9 Å². The molecule has 1 aromatic carbocycles. The number of amides is 1. The summed E-state index contributed by atoms with van der Waals surface area (Å²) < 4.78 is 5.29. The summed E-state index contributed by atoms with van der Waals surface area (Å²) in [4.78, 5) is 22.4. The van der Waals surface area contributed by atoms with Gasteiger partial charge in [-0.25, -0.2) is 0 Å². The lowest BCUT2D eigenvalue weighted by molar-refractivity contribution is -0.140. The van der Waals surface area contributed by atoms with Gasteiger partial charge < -0.3 is 15.2 Å². The third-order valence-electron chi connectivity index (χ3n) is 2.47. The first kappa shape index (κ1) is 14.8. The Kier molecular flexibility index (Phi) is 5.60. The Morgan fingerprint density at radius 1 is 1.42 bits per heavy atom. The summed E-state index contributed by atoms with van der Waals surface area (Å²) in [7, 11) is 0. The molecule has 0 saturated heterocycles. The van der Waals surface area contributed by atoms with Gasteiger partial charge in [-0.3, -0.25) is 9.59 Å². The van der Waals surface area contributed by atoms with Gasteiger partial charge in [0, 0.05) is 12.1 Å². The summed E-state index contributed by atoms with van der Waals surface area (Å²) >= 11 is 0. The van der Waals surface area contributed by atoms with E-state index in [9.17, 15) is 9.59 Å². The molecule has 102 valence electrons. The Balaban J connectivity index is 2.53. The molecule has 0 heterocycles. The van der Waals surface area contributed by atoms with E-state index in [1.165, 1.54) is 6.92 Å². The predicted molar refractivity (Wildman–Crippen MR) is 71.3 cm³/mol. The van der Waals surface area contributed by atoms with Gasteiger partial charge in [0.15, 0.2) is 0 Å². The summed E-state index contributed by atoms with van der Waals surface area (Å²) in [6, 6.07) is 6.61. The van der Waals surface area contributed by atoms with Crippen molar-refractivity contribution in [2.24, 2.45) is 5.92 Å². The monoisotopic (exact) mass is 263 g/mol. The topological polar surface area (TPSA) is 75.6 Å². The highest BCUT2D eigenvalue weighted by Crippen LogP contribution is 2.12. The minimum Gasteiger partial charge on any atom is -0.490 e. The van der Waals surface area contributed by atoms with Crippen LogP contribution in [0, 0.1) is 5.92 Å². The Bertz CT molecular complexity index is 453. The minimum atomic E-state index is -0.937. The van der Waals surface area contributed by atoms with Gasteiger partial charge in [-0.2, -0.15) is 0 Å². The highest BCUT2D eigenvalue weighted by molar-refractivity contribution is 5.94. The molecular formula is C14H17NO4. The fraction of sp³-hybridized carbons (Fsp3) is 0.286. The van der Waals surface area contributed by atoms with Crippen molar-refractivity contribution in [3.05, 3.63) is 42.5 Å². The van der Waals surface area contributed by atoms with Gasteiger partial charge >= 0.3 is 5.97 Å². The molecule has 0 aliphatic heterocycles. The van der Waals surface area contributed by atoms with Crippen LogP contribution in [0.3, 0.4) is 0 Å². The first-order valence-electron chi connectivity index (χ1n) is 5.89. The molecule has 0 fully saturated rings. The molecule has 0 aliphatic carbocycles. The van der Waals surface area contributed by atoms with E-state index in [1.54, 1.807) is 30.3 Å². The molecule has 2 N–H and O–H groups in total. The first-order chi connectivity index (χ1) is 9.04. The molecule has 5 nitrogen and oxygen atoms in total. The van der Waals surface area contributed by atoms with Crippen LogP contribution in [0.15, 0.2) is 36.9 Å². The zero-order valence-electron chi connectivity index (χ0n) is 10.8. The average molecular weight is 263 g/mol. The van der Waals surface area contributed by atoms with Crippen LogP contribution in [0.5, 0.6) is 5.75 Å². The molecule has 1 amide bonds. The number of nitrogens with one attached hydrogen (secondary N) is 1. The largest absolute Gasteiger partial charge is 0.490 e. The van der Waals surface area contributed by atoms with Gasteiger partial charge in [0.2, 0.25) is 0 Å². The van der Waals surface area contributed by atoms with Gasteiger partial charge in [-0.1, -0.05) is 19.6 Å². The van der Waals surface area contributed by atoms with Gasteiger partial charge in [0.05, 0.1) is 5.92 Å². The van der Waals surface area contributed by atoms with Gasteiger partial charge in [-0.15, -0.1) is 0 Å². The quantitative estimate of drug-likeness (QED) is 0.734. The lowest BCUT2D eigenvalue weighted by atomic mass is 10.1. The fourth-order valence-corrected chi connectivity index (χ4v) is 1.29. The highest BCUT2D eigenvalue weighted by atomic mass is 16.5. The molecule has 1 atom stereocenters. The maximum atomic E-state index is 11.7. The van der Waals surface area contributed by atoms with E-state index in [-0.39, 0.29) is 12.5 Å². The molecule has 0 saturated carbocycles. The van der Waals surface area contributed by atoms with Gasteiger partial charge in [-0.05, 0) is 24.3 Å². The second-order valence-corrected chi connectivity index (χ2v) is 4.07. The first-order valence-corrected chi connectivity index (χ1v) is 5.89. The summed E-state index contributed by atoms with van der Waals surface area (Å²) in [6.07, 6.45) is 1.63. The molecule has 0 bridgehead atoms. The number of ether oxygens (including phenoxy) is 1. The fourth-order valence-electron chi connectivity index (χ4n) is 1.29.